The van der Waals surface area contributed by atoms with Crippen molar-refractivity contribution in [2.75, 3.05) is 37.6 Å². The summed E-state index contributed by atoms with van der Waals surface area (Å²) in [5.74, 6) is 0. The lowest BCUT2D eigenvalue weighted by Gasteiger charge is -2.27. The number of alkyl halides is 3. The number of halogens is 3. The van der Waals surface area contributed by atoms with Crippen molar-refractivity contribution in [1.29, 1.82) is 0 Å². The second-order valence-electron chi connectivity index (χ2n) is 5.82. The van der Waals surface area contributed by atoms with Crippen molar-refractivity contribution in [1.82, 2.24) is 15.1 Å². The van der Waals surface area contributed by atoms with Crippen LogP contribution in [0.15, 0.2) is 0 Å². The Bertz CT molecular complexity index is 472. The Morgan fingerprint density at radius 1 is 1.14 bits per heavy atom. The van der Waals surface area contributed by atoms with Gasteiger partial charge in [-0.05, 0) is 20.3 Å². The van der Waals surface area contributed by atoms with Gasteiger partial charge in [0.2, 0.25) is 10.1 Å². The molecule has 21 heavy (non-hydrogen) atoms. The Kier molecular flexibility index (Phi) is 4.74. The van der Waals surface area contributed by atoms with Gasteiger partial charge in [0.25, 0.3) is 0 Å². The van der Waals surface area contributed by atoms with Crippen LogP contribution in [0.3, 0.4) is 0 Å². The second kappa shape index (κ2) is 6.05. The monoisotopic (exact) mass is 324 g/mol. The van der Waals surface area contributed by atoms with E-state index in [1.807, 2.05) is 4.90 Å². The molecule has 5 nitrogen and oxygen atoms in total. The third-order valence-electron chi connectivity index (χ3n) is 3.13. The van der Waals surface area contributed by atoms with Crippen LogP contribution in [0.2, 0.25) is 0 Å². The molecule has 1 fully saturated rings. The standard InChI is InChI=1S/C12H19F3N4OS/c1-11(2,20)8-18-4-3-5-19(7-6-18)10-17-16-9(21-10)12(13,14)15/h20H,3-8H2,1-2H3. The fourth-order valence-electron chi connectivity index (χ4n) is 2.33. The molecular formula is C12H19F3N4OS. The summed E-state index contributed by atoms with van der Waals surface area (Å²) in [4.78, 5) is 3.95. The highest BCUT2D eigenvalue weighted by molar-refractivity contribution is 7.15. The fraction of sp³-hybridized carbons (Fsp3) is 0.833. The first-order valence-electron chi connectivity index (χ1n) is 6.75. The molecule has 1 saturated heterocycles. The van der Waals surface area contributed by atoms with E-state index in [4.69, 9.17) is 0 Å². The quantitative estimate of drug-likeness (QED) is 0.919. The van der Waals surface area contributed by atoms with E-state index in [0.29, 0.717) is 42.6 Å². The van der Waals surface area contributed by atoms with E-state index in [0.717, 1.165) is 13.0 Å². The summed E-state index contributed by atoms with van der Waals surface area (Å²) >= 11 is 0.581. The van der Waals surface area contributed by atoms with Gasteiger partial charge < -0.3 is 10.0 Å². The molecule has 0 aliphatic carbocycles. The third-order valence-corrected chi connectivity index (χ3v) is 4.16. The van der Waals surface area contributed by atoms with Crippen LogP contribution in [-0.4, -0.2) is 58.5 Å². The number of nitrogens with zero attached hydrogens (tertiary/aromatic N) is 4. The lowest BCUT2D eigenvalue weighted by Crippen LogP contribution is -2.40. The minimum Gasteiger partial charge on any atom is -0.389 e. The first kappa shape index (κ1) is 16.4. The highest BCUT2D eigenvalue weighted by atomic mass is 32.1. The largest absolute Gasteiger partial charge is 0.445 e. The zero-order chi connectivity index (χ0) is 15.7. The maximum Gasteiger partial charge on any atom is 0.445 e. The van der Waals surface area contributed by atoms with Gasteiger partial charge in [-0.15, -0.1) is 10.2 Å². The predicted octanol–water partition coefficient (Wildman–Crippen LogP) is 1.84. The first-order chi connectivity index (χ1) is 9.65. The van der Waals surface area contributed by atoms with E-state index in [2.05, 4.69) is 15.1 Å². The summed E-state index contributed by atoms with van der Waals surface area (Å²) in [6.07, 6.45) is -3.62. The van der Waals surface area contributed by atoms with Gasteiger partial charge >= 0.3 is 6.18 Å². The molecule has 1 aliphatic rings. The molecule has 0 aromatic carbocycles. The summed E-state index contributed by atoms with van der Waals surface area (Å²) < 4.78 is 37.6. The third kappa shape index (κ3) is 4.79. The van der Waals surface area contributed by atoms with Crippen LogP contribution < -0.4 is 4.90 Å². The molecule has 120 valence electrons. The molecule has 0 unspecified atom stereocenters. The Hall–Kier alpha value is -0.930. The van der Waals surface area contributed by atoms with E-state index in [9.17, 15) is 18.3 Å². The molecule has 0 saturated carbocycles. The molecule has 1 aromatic heterocycles. The van der Waals surface area contributed by atoms with Crippen molar-refractivity contribution in [3.05, 3.63) is 5.01 Å². The molecule has 1 aliphatic heterocycles. The van der Waals surface area contributed by atoms with Crippen LogP contribution in [0, 0.1) is 0 Å². The summed E-state index contributed by atoms with van der Waals surface area (Å²) in [5, 5.41) is 16.1. The summed E-state index contributed by atoms with van der Waals surface area (Å²) in [6.45, 7) is 6.77. The molecule has 0 radical (unpaired) electrons. The Morgan fingerprint density at radius 2 is 1.86 bits per heavy atom. The lowest BCUT2D eigenvalue weighted by molar-refractivity contribution is -0.138. The van der Waals surface area contributed by atoms with Crippen molar-refractivity contribution >= 4 is 16.5 Å². The lowest BCUT2D eigenvalue weighted by atomic mass is 10.1. The number of rotatable bonds is 3. The van der Waals surface area contributed by atoms with Crippen LogP contribution in [0.1, 0.15) is 25.3 Å². The zero-order valence-electron chi connectivity index (χ0n) is 12.0. The molecule has 2 rings (SSSR count). The maximum atomic E-state index is 12.5. The number of β-amino-alcohol motifs (C(OH)–C–C–N with tert-alkyl or cyclic N) is 1. The average Bonchev–Trinajstić information content (AvgIpc) is 2.71. The van der Waals surface area contributed by atoms with Crippen LogP contribution in [0.25, 0.3) is 0 Å². The van der Waals surface area contributed by atoms with Gasteiger partial charge in [0.15, 0.2) is 0 Å². The molecule has 2 heterocycles. The van der Waals surface area contributed by atoms with Gasteiger partial charge in [-0.2, -0.15) is 13.2 Å². The summed E-state index contributed by atoms with van der Waals surface area (Å²) in [6, 6.07) is 0. The van der Waals surface area contributed by atoms with Gasteiger partial charge in [-0.25, -0.2) is 0 Å². The molecule has 9 heteroatoms. The van der Waals surface area contributed by atoms with Crippen LogP contribution in [-0.2, 0) is 6.18 Å². The minimum atomic E-state index is -4.44. The van der Waals surface area contributed by atoms with E-state index < -0.39 is 16.8 Å². The van der Waals surface area contributed by atoms with Gasteiger partial charge in [0.05, 0.1) is 5.60 Å². The van der Waals surface area contributed by atoms with Crippen molar-refractivity contribution < 1.29 is 18.3 Å². The Morgan fingerprint density at radius 3 is 2.43 bits per heavy atom. The highest BCUT2D eigenvalue weighted by Gasteiger charge is 2.36. The SMILES string of the molecule is CC(C)(O)CN1CCCN(c2nnc(C(F)(F)F)s2)CC1. The van der Waals surface area contributed by atoms with Crippen LogP contribution in [0.4, 0.5) is 18.3 Å². The minimum absolute atomic E-state index is 0.312. The average molecular weight is 324 g/mol. The summed E-state index contributed by atoms with van der Waals surface area (Å²) in [5.41, 5.74) is -0.776. The maximum absolute atomic E-state index is 12.5. The summed E-state index contributed by atoms with van der Waals surface area (Å²) in [7, 11) is 0. The van der Waals surface area contributed by atoms with Crippen molar-refractivity contribution in [3.8, 4) is 0 Å². The fourth-order valence-corrected chi connectivity index (χ4v) is 3.09. The number of hydrogen-bond donors (Lipinski definition) is 1. The van der Waals surface area contributed by atoms with E-state index in [1.165, 1.54) is 0 Å². The van der Waals surface area contributed by atoms with Gasteiger partial charge in [0.1, 0.15) is 0 Å². The molecular weight excluding hydrogens is 305 g/mol. The molecule has 1 N–H and O–H groups in total. The molecule has 0 spiro atoms. The van der Waals surface area contributed by atoms with Crippen molar-refractivity contribution in [2.45, 2.75) is 32.0 Å². The predicted molar refractivity (Wildman–Crippen MR) is 74.5 cm³/mol. The van der Waals surface area contributed by atoms with Crippen molar-refractivity contribution in [2.24, 2.45) is 0 Å². The van der Waals surface area contributed by atoms with E-state index in [-0.39, 0.29) is 0 Å². The molecule has 0 amide bonds. The number of aliphatic hydroxyl groups is 1. The zero-order valence-corrected chi connectivity index (χ0v) is 12.8. The molecule has 0 bridgehead atoms. The molecule has 1 aromatic rings. The number of hydrogen-bond acceptors (Lipinski definition) is 6. The topological polar surface area (TPSA) is 52.5 Å². The van der Waals surface area contributed by atoms with Gasteiger partial charge in [-0.1, -0.05) is 11.3 Å². The van der Waals surface area contributed by atoms with Gasteiger partial charge in [0, 0.05) is 32.7 Å². The van der Waals surface area contributed by atoms with Crippen molar-refractivity contribution in [3.63, 3.8) is 0 Å². The van der Waals surface area contributed by atoms with E-state index >= 15 is 0 Å². The highest BCUT2D eigenvalue weighted by Crippen LogP contribution is 2.34. The first-order valence-corrected chi connectivity index (χ1v) is 7.57. The van der Waals surface area contributed by atoms with Crippen LogP contribution in [0.5, 0.6) is 0 Å². The molecule has 0 atom stereocenters. The smallest absolute Gasteiger partial charge is 0.389 e. The Labute approximate surface area is 125 Å². The Balaban J connectivity index is 1.98. The second-order valence-corrected chi connectivity index (χ2v) is 6.77. The van der Waals surface area contributed by atoms with E-state index in [1.54, 1.807) is 13.8 Å². The number of aromatic nitrogens is 2. The number of anilines is 1. The van der Waals surface area contributed by atoms with Gasteiger partial charge in [-0.3, -0.25) is 4.90 Å². The normalized spacial score (nSPS) is 18.9. The van der Waals surface area contributed by atoms with Crippen LogP contribution >= 0.6 is 11.3 Å².